The lowest BCUT2D eigenvalue weighted by atomic mass is 10.3. The SMILES string of the molecule is CCc1cnc(CC2CC2)s1. The van der Waals surface area contributed by atoms with Gasteiger partial charge in [-0.05, 0) is 25.2 Å². The topological polar surface area (TPSA) is 12.9 Å². The second-order valence-electron chi connectivity index (χ2n) is 3.22. The lowest BCUT2D eigenvalue weighted by Crippen LogP contribution is -1.82. The molecule has 1 aliphatic carbocycles. The molecule has 0 amide bonds. The van der Waals surface area contributed by atoms with Crippen molar-refractivity contribution in [1.29, 1.82) is 0 Å². The first kappa shape index (κ1) is 7.29. The normalized spacial score (nSPS) is 17.2. The van der Waals surface area contributed by atoms with Crippen LogP contribution >= 0.6 is 11.3 Å². The van der Waals surface area contributed by atoms with Crippen LogP contribution < -0.4 is 0 Å². The molecule has 1 aromatic heterocycles. The zero-order valence-electron chi connectivity index (χ0n) is 6.84. The summed E-state index contributed by atoms with van der Waals surface area (Å²) in [7, 11) is 0. The van der Waals surface area contributed by atoms with E-state index in [1.54, 1.807) is 0 Å². The fourth-order valence-electron chi connectivity index (χ4n) is 1.17. The van der Waals surface area contributed by atoms with Crippen LogP contribution in [0.5, 0.6) is 0 Å². The van der Waals surface area contributed by atoms with Gasteiger partial charge >= 0.3 is 0 Å². The highest BCUT2D eigenvalue weighted by Gasteiger charge is 2.22. The van der Waals surface area contributed by atoms with E-state index < -0.39 is 0 Å². The monoisotopic (exact) mass is 167 g/mol. The molecule has 11 heavy (non-hydrogen) atoms. The van der Waals surface area contributed by atoms with Gasteiger partial charge in [0.05, 0.1) is 5.01 Å². The van der Waals surface area contributed by atoms with Crippen LogP contribution in [0.4, 0.5) is 0 Å². The van der Waals surface area contributed by atoms with E-state index in [1.807, 2.05) is 17.5 Å². The van der Waals surface area contributed by atoms with Gasteiger partial charge in [-0.1, -0.05) is 6.92 Å². The van der Waals surface area contributed by atoms with Crippen LogP contribution in [0.25, 0.3) is 0 Å². The van der Waals surface area contributed by atoms with E-state index in [9.17, 15) is 0 Å². The van der Waals surface area contributed by atoms with Crippen LogP contribution in [-0.4, -0.2) is 4.98 Å². The zero-order valence-corrected chi connectivity index (χ0v) is 7.66. The first-order valence-corrected chi connectivity index (χ1v) is 5.13. The fraction of sp³-hybridized carbons (Fsp3) is 0.667. The summed E-state index contributed by atoms with van der Waals surface area (Å²) in [6, 6.07) is 0. The third kappa shape index (κ3) is 1.80. The Labute approximate surface area is 71.5 Å². The fourth-order valence-corrected chi connectivity index (χ4v) is 2.15. The maximum Gasteiger partial charge on any atom is 0.0930 e. The Morgan fingerprint density at radius 1 is 1.64 bits per heavy atom. The number of hydrogen-bond acceptors (Lipinski definition) is 2. The predicted octanol–water partition coefficient (Wildman–Crippen LogP) is 2.66. The number of hydrogen-bond donors (Lipinski definition) is 0. The maximum atomic E-state index is 4.39. The Morgan fingerprint density at radius 2 is 2.45 bits per heavy atom. The van der Waals surface area contributed by atoms with Gasteiger partial charge in [0, 0.05) is 17.5 Å². The zero-order chi connectivity index (χ0) is 7.68. The summed E-state index contributed by atoms with van der Waals surface area (Å²) in [5.41, 5.74) is 0. The molecule has 1 saturated carbocycles. The lowest BCUT2D eigenvalue weighted by molar-refractivity contribution is 0.824. The molecular formula is C9H13NS. The van der Waals surface area contributed by atoms with Crippen molar-refractivity contribution in [2.24, 2.45) is 5.92 Å². The number of aromatic nitrogens is 1. The minimum absolute atomic E-state index is 0.978. The van der Waals surface area contributed by atoms with Crippen molar-refractivity contribution in [1.82, 2.24) is 4.98 Å². The lowest BCUT2D eigenvalue weighted by Gasteiger charge is -1.88. The van der Waals surface area contributed by atoms with Gasteiger partial charge < -0.3 is 0 Å². The van der Waals surface area contributed by atoms with Gasteiger partial charge in [-0.3, -0.25) is 0 Å². The molecule has 2 heteroatoms. The molecule has 0 atom stereocenters. The van der Waals surface area contributed by atoms with E-state index >= 15 is 0 Å². The first-order valence-electron chi connectivity index (χ1n) is 4.32. The molecule has 1 fully saturated rings. The average Bonchev–Trinajstić information content (AvgIpc) is 2.68. The minimum atomic E-state index is 0.978. The number of nitrogens with zero attached hydrogens (tertiary/aromatic N) is 1. The molecule has 0 saturated heterocycles. The van der Waals surface area contributed by atoms with E-state index in [0.717, 1.165) is 12.3 Å². The standard InChI is InChI=1S/C9H13NS/c1-2-8-6-10-9(11-8)5-7-3-4-7/h6-7H,2-5H2,1H3. The molecule has 0 aliphatic heterocycles. The van der Waals surface area contributed by atoms with Crippen molar-refractivity contribution in [3.05, 3.63) is 16.1 Å². The molecule has 1 heterocycles. The maximum absolute atomic E-state index is 4.39. The largest absolute Gasteiger partial charge is 0.249 e. The van der Waals surface area contributed by atoms with Gasteiger partial charge in [0.1, 0.15) is 0 Å². The molecule has 0 unspecified atom stereocenters. The second kappa shape index (κ2) is 2.94. The van der Waals surface area contributed by atoms with Crippen molar-refractivity contribution in [2.75, 3.05) is 0 Å². The summed E-state index contributed by atoms with van der Waals surface area (Å²) in [4.78, 5) is 5.82. The Kier molecular flexibility index (Phi) is 1.95. The number of rotatable bonds is 3. The quantitative estimate of drug-likeness (QED) is 0.674. The molecule has 0 aromatic carbocycles. The molecule has 1 aromatic rings. The Balaban J connectivity index is 1.99. The summed E-state index contributed by atoms with van der Waals surface area (Å²) in [6.45, 7) is 2.19. The minimum Gasteiger partial charge on any atom is -0.249 e. The summed E-state index contributed by atoms with van der Waals surface area (Å²) in [5.74, 6) is 0.978. The van der Waals surface area contributed by atoms with Crippen LogP contribution in [0, 0.1) is 5.92 Å². The van der Waals surface area contributed by atoms with Crippen LogP contribution in [-0.2, 0) is 12.8 Å². The van der Waals surface area contributed by atoms with Crippen LogP contribution in [0.2, 0.25) is 0 Å². The third-order valence-electron chi connectivity index (χ3n) is 2.11. The van der Waals surface area contributed by atoms with E-state index in [1.165, 1.54) is 29.1 Å². The summed E-state index contributed by atoms with van der Waals surface area (Å²) in [6.07, 6.45) is 7.28. The summed E-state index contributed by atoms with van der Waals surface area (Å²) in [5, 5.41) is 1.35. The highest BCUT2D eigenvalue weighted by Crippen LogP contribution is 2.33. The Bertz CT molecular complexity index is 237. The van der Waals surface area contributed by atoms with Crippen LogP contribution in [0.1, 0.15) is 29.7 Å². The first-order chi connectivity index (χ1) is 5.38. The van der Waals surface area contributed by atoms with Gasteiger partial charge in [0.15, 0.2) is 0 Å². The molecule has 0 bridgehead atoms. The molecule has 1 nitrogen and oxygen atoms in total. The van der Waals surface area contributed by atoms with Gasteiger partial charge in [-0.25, -0.2) is 4.98 Å². The second-order valence-corrected chi connectivity index (χ2v) is 4.42. The van der Waals surface area contributed by atoms with Crippen LogP contribution in [0.3, 0.4) is 0 Å². The molecule has 2 rings (SSSR count). The van der Waals surface area contributed by atoms with Crippen LogP contribution in [0.15, 0.2) is 6.20 Å². The van der Waals surface area contributed by atoms with E-state index in [0.29, 0.717) is 0 Å². The average molecular weight is 167 g/mol. The van der Waals surface area contributed by atoms with E-state index in [-0.39, 0.29) is 0 Å². The smallest absolute Gasteiger partial charge is 0.0930 e. The van der Waals surface area contributed by atoms with Crippen molar-refractivity contribution in [2.45, 2.75) is 32.6 Å². The Hall–Kier alpha value is -0.370. The predicted molar refractivity (Wildman–Crippen MR) is 47.9 cm³/mol. The molecule has 60 valence electrons. The van der Waals surface area contributed by atoms with Gasteiger partial charge in [-0.2, -0.15) is 0 Å². The number of thiazole rings is 1. The molecule has 0 N–H and O–H groups in total. The van der Waals surface area contributed by atoms with Gasteiger partial charge in [-0.15, -0.1) is 11.3 Å². The van der Waals surface area contributed by atoms with Crippen molar-refractivity contribution >= 4 is 11.3 Å². The molecule has 1 aliphatic rings. The third-order valence-corrected chi connectivity index (χ3v) is 3.27. The summed E-state index contributed by atoms with van der Waals surface area (Å²) < 4.78 is 0. The highest BCUT2D eigenvalue weighted by atomic mass is 32.1. The van der Waals surface area contributed by atoms with E-state index in [2.05, 4.69) is 11.9 Å². The van der Waals surface area contributed by atoms with Gasteiger partial charge in [0.25, 0.3) is 0 Å². The van der Waals surface area contributed by atoms with Crippen molar-refractivity contribution < 1.29 is 0 Å². The van der Waals surface area contributed by atoms with E-state index in [4.69, 9.17) is 0 Å². The summed E-state index contributed by atoms with van der Waals surface area (Å²) >= 11 is 1.89. The number of aryl methyl sites for hydroxylation is 1. The molecule has 0 spiro atoms. The van der Waals surface area contributed by atoms with Gasteiger partial charge in [0.2, 0.25) is 0 Å². The molecular weight excluding hydrogens is 154 g/mol. The molecule has 0 radical (unpaired) electrons. The highest BCUT2D eigenvalue weighted by molar-refractivity contribution is 7.11. The Morgan fingerprint density at radius 3 is 3.00 bits per heavy atom. The van der Waals surface area contributed by atoms with Crippen molar-refractivity contribution in [3.8, 4) is 0 Å². The van der Waals surface area contributed by atoms with Crippen molar-refractivity contribution in [3.63, 3.8) is 0 Å².